The van der Waals surface area contributed by atoms with Crippen LogP contribution in [0.3, 0.4) is 0 Å². The van der Waals surface area contributed by atoms with Crippen molar-refractivity contribution in [1.29, 1.82) is 0 Å². The van der Waals surface area contributed by atoms with Gasteiger partial charge in [-0.05, 0) is 68.8 Å². The number of piperidine rings is 1. The fraction of sp³-hybridized carbons (Fsp3) is 0.357. The summed E-state index contributed by atoms with van der Waals surface area (Å²) >= 11 is 0. The number of likely N-dealkylation sites (tertiary alicyclic amines) is 1. The van der Waals surface area contributed by atoms with E-state index in [1.54, 1.807) is 0 Å². The lowest BCUT2D eigenvalue weighted by molar-refractivity contribution is 0.0477. The zero-order valence-corrected chi connectivity index (χ0v) is 20.5. The molecule has 2 aromatic carbocycles. The predicted molar refractivity (Wildman–Crippen MR) is 139 cm³/mol. The summed E-state index contributed by atoms with van der Waals surface area (Å²) in [6, 6.07) is 14.4. The van der Waals surface area contributed by atoms with Crippen LogP contribution in [0.1, 0.15) is 39.2 Å². The zero-order valence-electron chi connectivity index (χ0n) is 20.5. The van der Waals surface area contributed by atoms with E-state index in [0.717, 1.165) is 76.8 Å². The van der Waals surface area contributed by atoms with Crippen molar-refractivity contribution in [2.24, 2.45) is 0 Å². The molecule has 7 heteroatoms. The molecule has 0 spiro atoms. The molecular weight excluding hydrogens is 440 g/mol. The number of hydrogen-bond acceptors (Lipinski definition) is 6. The van der Waals surface area contributed by atoms with Crippen LogP contribution < -0.4 is 11.1 Å². The van der Waals surface area contributed by atoms with Crippen LogP contribution in [0.15, 0.2) is 59.3 Å². The minimum absolute atomic E-state index is 0.126. The molecule has 182 valence electrons. The van der Waals surface area contributed by atoms with Crippen LogP contribution in [0.4, 0.5) is 10.5 Å². The van der Waals surface area contributed by atoms with Crippen LogP contribution in [0.25, 0.3) is 33.1 Å². The van der Waals surface area contributed by atoms with Gasteiger partial charge in [-0.15, -0.1) is 0 Å². The van der Waals surface area contributed by atoms with E-state index in [0.29, 0.717) is 0 Å². The summed E-state index contributed by atoms with van der Waals surface area (Å²) in [6.45, 7) is 8.13. The molecule has 0 bridgehead atoms. The Hall–Kier alpha value is -3.58. The highest BCUT2D eigenvalue weighted by atomic mass is 16.6. The number of anilines is 1. The molecule has 0 atom stereocenters. The van der Waals surface area contributed by atoms with Gasteiger partial charge in [-0.2, -0.15) is 0 Å². The maximum absolute atomic E-state index is 12.1. The van der Waals surface area contributed by atoms with E-state index in [9.17, 15) is 4.79 Å². The molecule has 1 aliphatic heterocycles. The Morgan fingerprint density at radius 3 is 2.66 bits per heavy atom. The number of ether oxygens (including phenoxy) is 1. The molecule has 1 saturated heterocycles. The van der Waals surface area contributed by atoms with Crippen molar-refractivity contribution in [2.75, 3.05) is 18.8 Å². The number of pyridine rings is 1. The minimum Gasteiger partial charge on any atom is -0.456 e. The van der Waals surface area contributed by atoms with Gasteiger partial charge in [0.1, 0.15) is 16.9 Å². The van der Waals surface area contributed by atoms with Crippen molar-refractivity contribution in [2.45, 2.75) is 51.8 Å². The Morgan fingerprint density at radius 2 is 1.91 bits per heavy atom. The average Bonchev–Trinajstić information content (AvgIpc) is 3.23. The highest BCUT2D eigenvalue weighted by molar-refractivity contribution is 5.98. The van der Waals surface area contributed by atoms with Gasteiger partial charge < -0.3 is 20.2 Å². The lowest BCUT2D eigenvalue weighted by atomic mass is 10.00. The average molecular weight is 473 g/mol. The van der Waals surface area contributed by atoms with Crippen LogP contribution >= 0.6 is 0 Å². The molecule has 3 N–H and O–H groups in total. The summed E-state index contributed by atoms with van der Waals surface area (Å²) in [4.78, 5) is 18.9. The number of carbonyl (C=O) groups is 1. The number of furan rings is 1. The molecule has 5 rings (SSSR count). The lowest BCUT2D eigenvalue weighted by Gasteiger charge is -2.33. The Labute approximate surface area is 205 Å². The summed E-state index contributed by atoms with van der Waals surface area (Å²) in [6.07, 6.45) is 5.10. The van der Waals surface area contributed by atoms with Crippen LogP contribution in [0.5, 0.6) is 0 Å². The standard InChI is InChI=1S/C28H32N4O3/c1-28(2,3)35-27(33)31-21-8-10-32(11-9-21)17-20-12-22-19(13-24(20)29)15-30-16-23(22)26-14-18-6-4-5-7-25(18)34-26/h4-7,12-16,21H,8-11,17,29H2,1-3H3,(H,31,33). The Bertz CT molecular complexity index is 1330. The third kappa shape index (κ3) is 5.25. The van der Waals surface area contributed by atoms with E-state index in [-0.39, 0.29) is 12.1 Å². The van der Waals surface area contributed by atoms with Crippen molar-refractivity contribution in [3.05, 3.63) is 60.4 Å². The zero-order chi connectivity index (χ0) is 24.6. The maximum atomic E-state index is 12.1. The molecule has 1 amide bonds. The SMILES string of the molecule is CC(C)(C)OC(=O)NC1CCN(Cc2cc3c(-c4cc5ccccc5o4)cncc3cc2N)CC1. The van der Waals surface area contributed by atoms with Crippen LogP contribution in [0.2, 0.25) is 0 Å². The number of hydrogen-bond donors (Lipinski definition) is 2. The summed E-state index contributed by atoms with van der Waals surface area (Å²) in [5.41, 5.74) is 9.62. The number of nitrogens with two attached hydrogens (primary N) is 1. The first-order valence-electron chi connectivity index (χ1n) is 12.1. The molecule has 1 fully saturated rings. The molecule has 0 unspecified atom stereocenters. The number of nitrogens with one attached hydrogen (secondary N) is 1. The minimum atomic E-state index is -0.491. The van der Waals surface area contributed by atoms with Crippen LogP contribution in [-0.2, 0) is 11.3 Å². The van der Waals surface area contributed by atoms with Crippen molar-refractivity contribution in [3.8, 4) is 11.3 Å². The van der Waals surface area contributed by atoms with Gasteiger partial charge in [0.2, 0.25) is 0 Å². The molecule has 0 radical (unpaired) electrons. The van der Waals surface area contributed by atoms with Crippen molar-refractivity contribution >= 4 is 33.5 Å². The first kappa shape index (κ1) is 23.2. The van der Waals surface area contributed by atoms with Gasteiger partial charge in [0.25, 0.3) is 0 Å². The van der Waals surface area contributed by atoms with Crippen molar-refractivity contribution in [1.82, 2.24) is 15.2 Å². The van der Waals surface area contributed by atoms with E-state index in [1.807, 2.05) is 63.5 Å². The summed E-state index contributed by atoms with van der Waals surface area (Å²) < 4.78 is 11.5. The molecular formula is C28H32N4O3. The second-order valence-electron chi connectivity index (χ2n) is 10.3. The van der Waals surface area contributed by atoms with E-state index >= 15 is 0 Å². The Balaban J connectivity index is 1.32. The number of carbonyl (C=O) groups excluding carboxylic acids is 1. The van der Waals surface area contributed by atoms with E-state index in [1.165, 1.54) is 0 Å². The van der Waals surface area contributed by atoms with Gasteiger partial charge in [0.05, 0.1) is 0 Å². The summed E-state index contributed by atoms with van der Waals surface area (Å²) in [5, 5.41) is 6.13. The summed E-state index contributed by atoms with van der Waals surface area (Å²) in [5.74, 6) is 0.800. The third-order valence-electron chi connectivity index (χ3n) is 6.41. The first-order chi connectivity index (χ1) is 16.7. The smallest absolute Gasteiger partial charge is 0.407 e. The highest BCUT2D eigenvalue weighted by Gasteiger charge is 2.24. The number of nitrogen functional groups attached to an aromatic ring is 1. The highest BCUT2D eigenvalue weighted by Crippen LogP contribution is 2.34. The van der Waals surface area contributed by atoms with Gasteiger partial charge >= 0.3 is 6.09 Å². The van der Waals surface area contributed by atoms with E-state index in [2.05, 4.69) is 27.3 Å². The van der Waals surface area contributed by atoms with Gasteiger partial charge in [0.15, 0.2) is 0 Å². The number of rotatable bonds is 4. The van der Waals surface area contributed by atoms with Gasteiger partial charge in [-0.25, -0.2) is 4.79 Å². The molecule has 0 saturated carbocycles. The second kappa shape index (κ2) is 9.23. The maximum Gasteiger partial charge on any atom is 0.407 e. The van der Waals surface area contributed by atoms with Crippen LogP contribution in [0, 0.1) is 0 Å². The second-order valence-corrected chi connectivity index (χ2v) is 10.3. The molecule has 0 aliphatic carbocycles. The first-order valence-corrected chi connectivity index (χ1v) is 12.1. The van der Waals surface area contributed by atoms with Gasteiger partial charge in [0, 0.05) is 60.1 Å². The number of alkyl carbamates (subject to hydrolysis) is 1. The predicted octanol–water partition coefficient (Wildman–Crippen LogP) is 5.72. The van der Waals surface area contributed by atoms with E-state index in [4.69, 9.17) is 14.9 Å². The Morgan fingerprint density at radius 1 is 1.14 bits per heavy atom. The van der Waals surface area contributed by atoms with E-state index < -0.39 is 5.60 Å². The molecule has 35 heavy (non-hydrogen) atoms. The Kier molecular flexibility index (Phi) is 6.11. The van der Waals surface area contributed by atoms with Gasteiger partial charge in [-0.3, -0.25) is 9.88 Å². The molecule has 7 nitrogen and oxygen atoms in total. The number of para-hydroxylation sites is 1. The molecule has 4 aromatic rings. The van der Waals surface area contributed by atoms with Crippen LogP contribution in [-0.4, -0.2) is 40.7 Å². The third-order valence-corrected chi connectivity index (χ3v) is 6.41. The number of nitrogens with zero attached hydrogens (tertiary/aromatic N) is 2. The molecule has 2 aromatic heterocycles. The normalized spacial score (nSPS) is 15.5. The monoisotopic (exact) mass is 472 g/mol. The lowest BCUT2D eigenvalue weighted by Crippen LogP contribution is -2.45. The fourth-order valence-corrected chi connectivity index (χ4v) is 4.68. The van der Waals surface area contributed by atoms with Gasteiger partial charge in [-0.1, -0.05) is 18.2 Å². The topological polar surface area (TPSA) is 93.6 Å². The molecule has 3 heterocycles. The summed E-state index contributed by atoms with van der Waals surface area (Å²) in [7, 11) is 0. The fourth-order valence-electron chi connectivity index (χ4n) is 4.68. The quantitative estimate of drug-likeness (QED) is 0.369. The molecule has 1 aliphatic rings. The number of benzene rings is 2. The number of aromatic nitrogens is 1. The van der Waals surface area contributed by atoms with Crippen molar-refractivity contribution in [3.63, 3.8) is 0 Å². The largest absolute Gasteiger partial charge is 0.456 e. The number of fused-ring (bicyclic) bond motifs is 2. The number of amides is 1. The van der Waals surface area contributed by atoms with Crippen molar-refractivity contribution < 1.29 is 13.9 Å².